The van der Waals surface area contributed by atoms with Gasteiger partial charge in [0.1, 0.15) is 10.2 Å². The first-order chi connectivity index (χ1) is 20.4. The molecule has 0 heterocycles. The lowest BCUT2D eigenvalue weighted by Gasteiger charge is -2.10. The first-order valence-electron chi connectivity index (χ1n) is 12.8. The Balaban J connectivity index is 0.000000359. The van der Waals surface area contributed by atoms with Crippen LogP contribution in [0.25, 0.3) is 0 Å². The van der Waals surface area contributed by atoms with Crippen LogP contribution < -0.4 is 11.1 Å². The Hall–Kier alpha value is -5.30. The maximum absolute atomic E-state index is 11.2. The van der Waals surface area contributed by atoms with Gasteiger partial charge in [-0.05, 0) is 76.3 Å². The van der Waals surface area contributed by atoms with Crippen molar-refractivity contribution in [1.82, 2.24) is 0 Å². The number of carboxylic acids is 2. The van der Waals surface area contributed by atoms with Gasteiger partial charge in [-0.15, -0.1) is 0 Å². The summed E-state index contributed by atoms with van der Waals surface area (Å²) in [4.78, 5) is 42.0. The van der Waals surface area contributed by atoms with Gasteiger partial charge in [0.2, 0.25) is 0 Å². The Kier molecular flexibility index (Phi) is 14.7. The Morgan fingerprint density at radius 1 is 0.750 bits per heavy atom. The predicted octanol–water partition coefficient (Wildman–Crippen LogP) is 8.12. The van der Waals surface area contributed by atoms with Gasteiger partial charge in [0, 0.05) is 23.5 Å². The van der Waals surface area contributed by atoms with E-state index in [1.54, 1.807) is 12.1 Å². The van der Waals surface area contributed by atoms with E-state index in [1.807, 2.05) is 31.2 Å². The van der Waals surface area contributed by atoms with Crippen molar-refractivity contribution in [3.8, 4) is 0 Å². The molecule has 0 radical (unpaired) electrons. The van der Waals surface area contributed by atoms with Crippen LogP contribution in [0.4, 0.5) is 28.4 Å². The van der Waals surface area contributed by atoms with E-state index in [0.29, 0.717) is 5.69 Å². The summed E-state index contributed by atoms with van der Waals surface area (Å²) in [5.41, 5.74) is 8.60. The number of nitrogen functional groups attached to an aromatic ring is 1. The number of nitro benzene ring substituents is 2. The fourth-order valence-electron chi connectivity index (χ4n) is 3.55. The number of aromatic carboxylic acids is 2. The van der Waals surface area contributed by atoms with Gasteiger partial charge in [-0.1, -0.05) is 57.7 Å². The van der Waals surface area contributed by atoms with Crippen molar-refractivity contribution in [3.63, 3.8) is 0 Å². The number of hydrogen-bond donors (Lipinski definition) is 4. The molecule has 0 unspecified atom stereocenters. The van der Waals surface area contributed by atoms with Crippen molar-refractivity contribution >= 4 is 56.3 Å². The molecule has 0 bridgehead atoms. The summed E-state index contributed by atoms with van der Waals surface area (Å²) < 4.78 is -0.00694. The van der Waals surface area contributed by atoms with Crippen molar-refractivity contribution in [2.75, 3.05) is 11.1 Å². The van der Waals surface area contributed by atoms with Crippen LogP contribution in [0.1, 0.15) is 53.1 Å². The second-order valence-electron chi connectivity index (χ2n) is 8.73. The number of rotatable bonds is 8. The lowest BCUT2D eigenvalue weighted by atomic mass is 10.1. The highest BCUT2D eigenvalue weighted by molar-refractivity contribution is 9.10. The lowest BCUT2D eigenvalue weighted by molar-refractivity contribution is -0.385. The van der Waals surface area contributed by atoms with E-state index in [-0.39, 0.29) is 40.1 Å². The Labute approximate surface area is 262 Å². The third-order valence-electron chi connectivity index (χ3n) is 5.89. The van der Waals surface area contributed by atoms with Gasteiger partial charge in [0.25, 0.3) is 11.4 Å². The van der Waals surface area contributed by atoms with Crippen LogP contribution >= 0.6 is 15.9 Å². The van der Waals surface area contributed by atoms with Gasteiger partial charge in [-0.25, -0.2) is 9.59 Å². The molecule has 4 aromatic rings. The van der Waals surface area contributed by atoms with Crippen LogP contribution in [-0.2, 0) is 12.8 Å². The predicted molar refractivity (Wildman–Crippen MR) is 174 cm³/mol. The van der Waals surface area contributed by atoms with E-state index in [4.69, 9.17) is 15.9 Å². The highest BCUT2D eigenvalue weighted by Crippen LogP contribution is 2.31. The minimum absolute atomic E-state index is 0. The van der Waals surface area contributed by atoms with Crippen LogP contribution in [0.2, 0.25) is 0 Å². The maximum atomic E-state index is 11.2. The zero-order valence-electron chi connectivity index (χ0n) is 23.2. The van der Waals surface area contributed by atoms with Crippen molar-refractivity contribution in [2.24, 2.45) is 0 Å². The van der Waals surface area contributed by atoms with Crippen LogP contribution in [0.3, 0.4) is 0 Å². The van der Waals surface area contributed by atoms with Gasteiger partial charge >= 0.3 is 11.9 Å². The molecule has 0 aliphatic carbocycles. The molecular formula is C31H33BrN4O8. The Bertz CT molecular complexity index is 1530. The number of aryl methyl sites for hydroxylation is 2. The molecular weight excluding hydrogens is 636 g/mol. The fourth-order valence-corrected chi connectivity index (χ4v) is 4.13. The fraction of sp³-hybridized carbons (Fsp3) is 0.161. The van der Waals surface area contributed by atoms with Gasteiger partial charge in [0.05, 0.1) is 21.0 Å². The first-order valence-corrected chi connectivity index (χ1v) is 13.6. The maximum Gasteiger partial charge on any atom is 0.338 e. The number of nitrogens with one attached hydrogen (secondary N) is 1. The highest BCUT2D eigenvalue weighted by Gasteiger charge is 2.21. The summed E-state index contributed by atoms with van der Waals surface area (Å²) in [6.07, 6.45) is 1.96. The third kappa shape index (κ3) is 10.5. The molecule has 0 saturated heterocycles. The molecule has 13 heteroatoms. The Morgan fingerprint density at radius 2 is 1.18 bits per heavy atom. The number of nitrogens with two attached hydrogens (primary N) is 1. The molecule has 0 amide bonds. The number of hydrogen-bond acceptors (Lipinski definition) is 8. The SMILES string of the molecule is C.CCc1ccc(N)cc1.CCc1ccc(Nc2c(C(=O)O)cccc2[N+](=O)[O-])cc1.O=C(O)c1cccc([N+](=O)[O-])c1Br. The van der Waals surface area contributed by atoms with E-state index in [1.165, 1.54) is 42.0 Å². The Morgan fingerprint density at radius 3 is 1.61 bits per heavy atom. The van der Waals surface area contributed by atoms with E-state index < -0.39 is 21.8 Å². The number of nitrogens with zero attached hydrogens (tertiary/aromatic N) is 2. The molecule has 4 aromatic carbocycles. The van der Waals surface area contributed by atoms with Crippen molar-refractivity contribution in [1.29, 1.82) is 0 Å². The molecule has 0 fully saturated rings. The average molecular weight is 670 g/mol. The molecule has 0 aromatic heterocycles. The molecule has 12 nitrogen and oxygen atoms in total. The number of carbonyl (C=O) groups is 2. The quantitative estimate of drug-likeness (QED) is 0.0807. The van der Waals surface area contributed by atoms with E-state index >= 15 is 0 Å². The molecule has 0 aliphatic rings. The molecule has 0 saturated carbocycles. The summed E-state index contributed by atoms with van der Waals surface area (Å²) in [6.45, 7) is 4.15. The minimum atomic E-state index is -1.22. The van der Waals surface area contributed by atoms with E-state index in [9.17, 15) is 29.8 Å². The zero-order valence-corrected chi connectivity index (χ0v) is 24.8. The average Bonchev–Trinajstić information content (AvgIpc) is 2.98. The molecule has 5 N–H and O–H groups in total. The van der Waals surface area contributed by atoms with Crippen LogP contribution in [0.5, 0.6) is 0 Å². The normalized spacial score (nSPS) is 9.61. The topological polar surface area (TPSA) is 199 Å². The van der Waals surface area contributed by atoms with Gasteiger partial charge in [0.15, 0.2) is 0 Å². The van der Waals surface area contributed by atoms with Gasteiger partial charge in [-0.2, -0.15) is 0 Å². The van der Waals surface area contributed by atoms with Crippen LogP contribution in [-0.4, -0.2) is 32.0 Å². The molecule has 0 atom stereocenters. The number of carboxylic acid groups (broad SMARTS) is 2. The second kappa shape index (κ2) is 17.6. The minimum Gasteiger partial charge on any atom is -0.478 e. The molecule has 44 heavy (non-hydrogen) atoms. The second-order valence-corrected chi connectivity index (χ2v) is 9.53. The summed E-state index contributed by atoms with van der Waals surface area (Å²) >= 11 is 2.86. The van der Waals surface area contributed by atoms with Crippen LogP contribution in [0, 0.1) is 20.2 Å². The highest BCUT2D eigenvalue weighted by atomic mass is 79.9. The monoisotopic (exact) mass is 668 g/mol. The largest absolute Gasteiger partial charge is 0.478 e. The summed E-state index contributed by atoms with van der Waals surface area (Å²) in [6, 6.07) is 23.1. The smallest absolute Gasteiger partial charge is 0.338 e. The molecule has 4 rings (SSSR count). The number of nitro groups is 2. The van der Waals surface area contributed by atoms with Gasteiger partial charge < -0.3 is 21.3 Å². The lowest BCUT2D eigenvalue weighted by Crippen LogP contribution is -2.05. The summed E-state index contributed by atoms with van der Waals surface area (Å²) in [5.74, 6) is -2.41. The number of benzene rings is 4. The van der Waals surface area contributed by atoms with E-state index in [2.05, 4.69) is 40.3 Å². The number of para-hydroxylation sites is 1. The van der Waals surface area contributed by atoms with Crippen molar-refractivity contribution in [3.05, 3.63) is 132 Å². The third-order valence-corrected chi connectivity index (χ3v) is 6.73. The molecule has 232 valence electrons. The molecule has 0 aliphatic heterocycles. The number of halogens is 1. The van der Waals surface area contributed by atoms with Crippen molar-refractivity contribution in [2.45, 2.75) is 34.1 Å². The standard InChI is InChI=1S/C15H14N2O4.C8H11N.C7H4BrNO4.CH4/c1-2-10-6-8-11(9-7-10)16-14-12(15(18)19)4-3-5-13(14)17(20)21;1-2-7-3-5-8(9)6-4-7;8-6-4(7(10)11)2-1-3-5(6)9(12)13;/h3-9,16H,2H2,1H3,(H,18,19);3-6H,2,9H2,1H3;1-3H,(H,10,11);1H4. The van der Waals surface area contributed by atoms with Crippen LogP contribution in [0.15, 0.2) is 89.4 Å². The summed E-state index contributed by atoms with van der Waals surface area (Å²) in [5, 5.41) is 42.1. The first kappa shape index (κ1) is 36.7. The molecule has 0 spiro atoms. The van der Waals surface area contributed by atoms with Crippen molar-refractivity contribution < 1.29 is 29.6 Å². The zero-order chi connectivity index (χ0) is 32.1. The number of anilines is 3. The van der Waals surface area contributed by atoms with Gasteiger partial charge in [-0.3, -0.25) is 20.2 Å². The summed E-state index contributed by atoms with van der Waals surface area (Å²) in [7, 11) is 0. The van der Waals surface area contributed by atoms with E-state index in [0.717, 1.165) is 24.1 Å².